The van der Waals surface area contributed by atoms with Gasteiger partial charge in [0.15, 0.2) is 45.4 Å². The van der Waals surface area contributed by atoms with E-state index in [1.165, 1.54) is 76.7 Å². The number of carbonyl (C=O) groups is 4. The molecule has 4 fully saturated rings. The number of rotatable bonds is 49. The highest BCUT2D eigenvalue weighted by molar-refractivity contribution is 8.14. The number of aliphatic hydroxyl groups excluding tert-OH is 8. The molecule has 0 amide bonds. The first-order valence-corrected chi connectivity index (χ1v) is 56.8. The predicted molar refractivity (Wildman–Crippen MR) is 560 cm³/mol. The van der Waals surface area contributed by atoms with Crippen LogP contribution in [0.25, 0.3) is 0 Å². The molecule has 4 saturated heterocycles. The number of aromatic nitrogens is 8. The van der Waals surface area contributed by atoms with Crippen molar-refractivity contribution in [3.8, 4) is 0 Å². The van der Waals surface area contributed by atoms with Crippen molar-refractivity contribution < 1.29 is 133 Å². The molecule has 0 radical (unpaired) electrons. The Hall–Kier alpha value is -6.51. The van der Waals surface area contributed by atoms with Gasteiger partial charge in [0.2, 0.25) is 0 Å². The van der Waals surface area contributed by atoms with Gasteiger partial charge < -0.3 is 82.7 Å². The maximum atomic E-state index is 13.6. The molecule has 822 valence electrons. The number of halogens is 4. The molecule has 7 aromatic rings. The van der Waals surface area contributed by atoms with Gasteiger partial charge in [0.25, 0.3) is 0 Å². The minimum absolute atomic E-state index is 0.0216. The molecule has 148 heavy (non-hydrogen) atoms. The highest BCUT2D eigenvalue weighted by Gasteiger charge is 2.59. The molecule has 3 aromatic carbocycles. The van der Waals surface area contributed by atoms with Crippen LogP contribution < -0.4 is 61.0 Å². The fraction of sp³-hybridized carbons (Fsp3) is 0.573. The number of nitrogens with zero attached hydrogens (tertiary/aromatic N) is 8. The van der Waals surface area contributed by atoms with Gasteiger partial charge in [-0.25, -0.2) is 48.1 Å². The Labute approximate surface area is 891 Å². The fourth-order valence-corrected chi connectivity index (χ4v) is 22.8. The van der Waals surface area contributed by atoms with Crippen LogP contribution in [0.3, 0.4) is 0 Å². The lowest BCUT2D eigenvalue weighted by molar-refractivity contribution is -0.120. The zero-order valence-corrected chi connectivity index (χ0v) is 92.7. The van der Waals surface area contributed by atoms with Gasteiger partial charge in [0.1, 0.15) is 105 Å². The number of thioether (sulfide) groups is 4. The zero-order chi connectivity index (χ0) is 110. The molecular weight excluding hydrogens is 2190 g/mol. The second kappa shape index (κ2) is 56.2. The first kappa shape index (κ1) is 127. The van der Waals surface area contributed by atoms with E-state index < -0.39 is 169 Å². The average molecular weight is 2310 g/mol. The van der Waals surface area contributed by atoms with Crippen LogP contribution in [0.15, 0.2) is 159 Å². The summed E-state index contributed by atoms with van der Waals surface area (Å²) in [6, 6.07) is 33.0. The first-order chi connectivity index (χ1) is 69.3. The number of alkyl halides is 4. The summed E-state index contributed by atoms with van der Waals surface area (Å²) in [4.78, 5) is 107. The number of nitrogens with one attached hydrogen (secondary N) is 3. The van der Waals surface area contributed by atoms with Crippen LogP contribution in [0.1, 0.15) is 125 Å². The molecular formula is C89H128Cl4N15O32P4S4+. The smallest absolute Gasteiger partial charge is 0.395 e. The Bertz CT molecular complexity index is 5520. The molecule has 4 aromatic heterocycles. The maximum Gasteiger partial charge on any atom is 0.697 e. The van der Waals surface area contributed by atoms with Crippen molar-refractivity contribution in [3.05, 3.63) is 199 Å². The summed E-state index contributed by atoms with van der Waals surface area (Å²) in [6.07, 6.45) is -8.36. The van der Waals surface area contributed by atoms with E-state index >= 15 is 0 Å². The van der Waals surface area contributed by atoms with Gasteiger partial charge in [-0.1, -0.05) is 138 Å². The summed E-state index contributed by atoms with van der Waals surface area (Å²) in [5.74, 6) is 0.824. The Balaban J connectivity index is 0.000000241. The van der Waals surface area contributed by atoms with Crippen molar-refractivity contribution in [2.24, 2.45) is 21.7 Å². The van der Waals surface area contributed by atoms with Crippen molar-refractivity contribution in [2.75, 3.05) is 125 Å². The van der Waals surface area contributed by atoms with Crippen LogP contribution in [0, 0.1) is 21.7 Å². The molecule has 2 unspecified atom stereocenters. The van der Waals surface area contributed by atoms with Gasteiger partial charge >= 0.3 is 54.3 Å². The predicted octanol–water partition coefficient (Wildman–Crippen LogP) is 7.92. The number of anilines is 4. The van der Waals surface area contributed by atoms with Gasteiger partial charge in [-0.3, -0.25) is 64.6 Å². The Morgan fingerprint density at radius 3 is 0.811 bits per heavy atom. The first-order valence-electron chi connectivity index (χ1n) is 45.6. The third-order valence-electron chi connectivity index (χ3n) is 22.9. The SMILES string of the molecule is CC(C)(CO)C(=O)SCCOP(=O)(NCc1ccccc1)OC[C@H]1O[C@@H](n2ccc(N)nc2=O)[C@](C)(Cl)[C@@H]1O.CC(C)(CO)C(=O)SCCO[P+](=O)OC[C@H]1O[C@@H](n2ccc(N)nc2=O)[C@](C)(Cl)[C@@H]1O.CC(C)(CO)C(=O)SCCO[P@@](=O)(NCc1ccccc1)OC[C@H]1O[C@@H](n2ccc(N)nc2=O)[C@](C)(Cl)[C@@H]1O.CC(C)(CO)C(=O)SCCO[P@](=O)(NCc1ccccc1)OC[C@H]1O[C@@H](n2ccc(N)nc2=O)[C@](C)(Cl)[C@@H]1O. The van der Waals surface area contributed by atoms with Crippen LogP contribution in [0.4, 0.5) is 23.3 Å². The Morgan fingerprint density at radius 2 is 0.595 bits per heavy atom. The number of hydrogen-bond acceptors (Lipinski definition) is 44. The topological polar surface area (TPSA) is 689 Å². The molecule has 19 N–H and O–H groups in total. The quantitative estimate of drug-likeness (QED) is 0.00977. The molecule has 20 atom stereocenters. The van der Waals surface area contributed by atoms with Gasteiger partial charge in [-0.05, 0) is 124 Å². The summed E-state index contributed by atoms with van der Waals surface area (Å²) >= 11 is 30.0. The number of nitrogen functional groups attached to an aromatic ring is 4. The molecule has 0 spiro atoms. The van der Waals surface area contributed by atoms with Crippen molar-refractivity contribution in [1.29, 1.82) is 0 Å². The largest absolute Gasteiger partial charge is 0.697 e. The van der Waals surface area contributed by atoms with Crippen LogP contribution in [0.2, 0.25) is 0 Å². The van der Waals surface area contributed by atoms with Crippen molar-refractivity contribution in [1.82, 2.24) is 53.5 Å². The van der Waals surface area contributed by atoms with E-state index in [4.69, 9.17) is 130 Å². The lowest BCUT2D eigenvalue weighted by Crippen LogP contribution is -2.42. The monoisotopic (exact) mass is 2310 g/mol. The summed E-state index contributed by atoms with van der Waals surface area (Å²) in [5.41, 5.74) is 18.2. The van der Waals surface area contributed by atoms with Crippen LogP contribution in [-0.4, -0.2) is 270 Å². The fourth-order valence-electron chi connectivity index (χ4n) is 13.4. The number of aliphatic hydroxyl groups is 8. The molecule has 0 saturated carbocycles. The second-order valence-electron chi connectivity index (χ2n) is 37.1. The molecule has 8 heterocycles. The molecule has 0 aliphatic carbocycles. The highest BCUT2D eigenvalue weighted by Crippen LogP contribution is 2.53. The molecule has 47 nitrogen and oxygen atoms in total. The van der Waals surface area contributed by atoms with Crippen molar-refractivity contribution >= 4 is 169 Å². The summed E-state index contributed by atoms with van der Waals surface area (Å²) in [5, 5.41) is 87.8. The van der Waals surface area contributed by atoms with E-state index in [9.17, 15) is 92.4 Å². The van der Waals surface area contributed by atoms with E-state index in [1.807, 2.05) is 91.0 Å². The van der Waals surface area contributed by atoms with E-state index in [0.29, 0.717) is 0 Å². The van der Waals surface area contributed by atoms with Crippen LogP contribution >= 0.6 is 125 Å². The molecule has 59 heteroatoms. The van der Waals surface area contributed by atoms with Crippen LogP contribution in [0.5, 0.6) is 0 Å². The minimum Gasteiger partial charge on any atom is -0.395 e. The van der Waals surface area contributed by atoms with Gasteiger partial charge in [0.05, 0.1) is 87.7 Å². The summed E-state index contributed by atoms with van der Waals surface area (Å²) in [7, 11) is -14.5. The molecule has 4 aliphatic rings. The normalized spacial score (nSPS) is 25.3. The number of benzene rings is 3. The third-order valence-corrected chi connectivity index (χ3v) is 34.7. The van der Waals surface area contributed by atoms with E-state index in [0.717, 1.165) is 82.0 Å². The van der Waals surface area contributed by atoms with Crippen molar-refractivity contribution in [2.45, 2.75) is 196 Å². The Kier molecular flexibility index (Phi) is 48.1. The third kappa shape index (κ3) is 35.8. The van der Waals surface area contributed by atoms with Crippen LogP contribution in [-0.2, 0) is 112 Å². The van der Waals surface area contributed by atoms with E-state index in [-0.39, 0.29) is 166 Å². The number of hydrogen-bond donors (Lipinski definition) is 15. The second-order valence-corrected chi connectivity index (χ2v) is 51.0. The van der Waals surface area contributed by atoms with Gasteiger partial charge in [0, 0.05) is 72.0 Å². The molecule has 11 rings (SSSR count). The van der Waals surface area contributed by atoms with E-state index in [2.05, 4.69) is 35.2 Å². The summed E-state index contributed by atoms with van der Waals surface area (Å²) in [6.45, 7) is 16.4. The molecule has 0 bridgehead atoms. The molecule has 4 aliphatic heterocycles. The summed E-state index contributed by atoms with van der Waals surface area (Å²) < 4.78 is 124. The van der Waals surface area contributed by atoms with E-state index in [1.54, 1.807) is 55.4 Å². The van der Waals surface area contributed by atoms with Gasteiger partial charge in [-0.15, -0.1) is 55.5 Å². The zero-order valence-electron chi connectivity index (χ0n) is 82.8. The number of nitrogens with two attached hydrogens (primary N) is 4. The van der Waals surface area contributed by atoms with Crippen molar-refractivity contribution in [3.63, 3.8) is 0 Å². The highest BCUT2D eigenvalue weighted by atomic mass is 35.5. The average Bonchev–Trinajstić information content (AvgIpc) is 1.63. The van der Waals surface area contributed by atoms with Gasteiger partial charge in [-0.2, -0.15) is 19.9 Å². The lowest BCUT2D eigenvalue weighted by atomic mass is 9.97. The Morgan fingerprint density at radius 1 is 0.378 bits per heavy atom. The lowest BCUT2D eigenvalue weighted by Gasteiger charge is -2.26. The number of ether oxygens (including phenoxy) is 4. The number of carbonyl (C=O) groups excluding carboxylic acids is 4. The maximum absolute atomic E-state index is 13.6. The standard InChI is InChI=1S/3C24H34ClN4O8PS.C17H25ClN3O8PS/c3*1-23(2,15-30)21(32)39-12-11-35-38(34,27-13-16-7-5-4-6-8-16)36-14-17-19(31)24(3,25)20(37-17)29-10-9-18(26)28-22(29)33;1-16(2,9-22)14(24)31-7-6-27-30(26)28-8-10-12(23)17(3,18)13(29-10)21-5-4-11(19)20-15(21)25/h3*4-10,17,19-20,30-31H,11-15H2,1-3H3,(H,27,34)(H2,26,28,33);4-5,10,12-13,22-23H,6-9H2,1-3H3,(H-,19,20,25)/p+1/t17-,19-,20-,24-,38?;17-,19-,20-,24-,38+;17-,19-,20-,24-,38-;10-,12-,13-,17-/m1111/s1. The minimum atomic E-state index is -3.98.